The molecular formula is C19H18N6O. The Morgan fingerprint density at radius 1 is 1.12 bits per heavy atom. The Bertz CT molecular complexity index is 1130. The molecule has 0 aliphatic heterocycles. The van der Waals surface area contributed by atoms with E-state index in [2.05, 4.69) is 20.4 Å². The van der Waals surface area contributed by atoms with E-state index in [0.717, 1.165) is 22.5 Å². The van der Waals surface area contributed by atoms with E-state index in [1.54, 1.807) is 12.4 Å². The predicted octanol–water partition coefficient (Wildman–Crippen LogP) is 2.69. The third kappa shape index (κ3) is 2.95. The maximum atomic E-state index is 12.7. The smallest absolute Gasteiger partial charge is 0.340 e. The van der Waals surface area contributed by atoms with Gasteiger partial charge in [-0.2, -0.15) is 4.98 Å². The van der Waals surface area contributed by atoms with E-state index >= 15 is 0 Å². The van der Waals surface area contributed by atoms with Gasteiger partial charge in [0.15, 0.2) is 0 Å². The van der Waals surface area contributed by atoms with Crippen LogP contribution in [0.15, 0.2) is 59.7 Å². The van der Waals surface area contributed by atoms with Crippen LogP contribution >= 0.6 is 0 Å². The lowest BCUT2D eigenvalue weighted by atomic mass is 10.2. The molecule has 0 saturated heterocycles. The van der Waals surface area contributed by atoms with Crippen molar-refractivity contribution in [3.8, 4) is 0 Å². The fourth-order valence-electron chi connectivity index (χ4n) is 2.86. The van der Waals surface area contributed by atoms with Crippen molar-refractivity contribution in [3.63, 3.8) is 0 Å². The zero-order valence-corrected chi connectivity index (χ0v) is 14.5. The zero-order chi connectivity index (χ0) is 18.1. The molecule has 0 atom stereocenters. The van der Waals surface area contributed by atoms with E-state index in [4.69, 9.17) is 0 Å². The van der Waals surface area contributed by atoms with E-state index in [9.17, 15) is 4.79 Å². The van der Waals surface area contributed by atoms with E-state index in [1.165, 1.54) is 9.08 Å². The molecule has 4 rings (SSSR count). The van der Waals surface area contributed by atoms with Gasteiger partial charge in [-0.25, -0.2) is 13.9 Å². The van der Waals surface area contributed by atoms with Gasteiger partial charge in [-0.15, -0.1) is 5.10 Å². The van der Waals surface area contributed by atoms with Crippen LogP contribution in [-0.4, -0.2) is 24.1 Å². The molecule has 0 amide bonds. The zero-order valence-electron chi connectivity index (χ0n) is 14.5. The van der Waals surface area contributed by atoms with Crippen molar-refractivity contribution in [2.45, 2.75) is 20.4 Å². The number of fused-ring (bicyclic) bond motifs is 1. The quantitative estimate of drug-likeness (QED) is 0.615. The van der Waals surface area contributed by atoms with Gasteiger partial charge in [-0.3, -0.25) is 4.98 Å². The van der Waals surface area contributed by atoms with Crippen LogP contribution in [-0.2, 0) is 6.54 Å². The van der Waals surface area contributed by atoms with Gasteiger partial charge in [-0.1, -0.05) is 24.3 Å². The number of aryl methyl sites for hydroxylation is 2. The van der Waals surface area contributed by atoms with Gasteiger partial charge in [0.2, 0.25) is 0 Å². The second-order valence-corrected chi connectivity index (χ2v) is 6.16. The molecule has 0 unspecified atom stereocenters. The first-order valence-electron chi connectivity index (χ1n) is 8.30. The maximum Gasteiger partial charge on any atom is 0.352 e. The number of pyridine rings is 1. The number of rotatable bonds is 4. The summed E-state index contributed by atoms with van der Waals surface area (Å²) in [5, 5.41) is 7.68. The van der Waals surface area contributed by atoms with Gasteiger partial charge in [0.05, 0.1) is 6.54 Å². The average molecular weight is 346 g/mol. The van der Waals surface area contributed by atoms with Gasteiger partial charge in [0.25, 0.3) is 5.78 Å². The van der Waals surface area contributed by atoms with Crippen LogP contribution in [0.4, 0.5) is 11.5 Å². The lowest BCUT2D eigenvalue weighted by Gasteiger charge is -2.09. The Hall–Kier alpha value is -3.48. The summed E-state index contributed by atoms with van der Waals surface area (Å²) < 4.78 is 2.92. The van der Waals surface area contributed by atoms with Crippen LogP contribution in [0.1, 0.15) is 16.8 Å². The van der Waals surface area contributed by atoms with Crippen molar-refractivity contribution in [3.05, 3.63) is 82.2 Å². The highest BCUT2D eigenvalue weighted by Crippen LogP contribution is 2.19. The molecule has 26 heavy (non-hydrogen) atoms. The van der Waals surface area contributed by atoms with Crippen molar-refractivity contribution >= 4 is 17.3 Å². The SMILES string of the molecule is Cc1ccccc1Nc1cc(C)n2c(=O)n(Cc3cccnc3)nc2n1. The fourth-order valence-corrected chi connectivity index (χ4v) is 2.86. The second kappa shape index (κ2) is 6.44. The predicted molar refractivity (Wildman–Crippen MR) is 99.8 cm³/mol. The van der Waals surface area contributed by atoms with E-state index in [-0.39, 0.29) is 5.69 Å². The molecule has 0 fully saturated rings. The number of aromatic nitrogens is 5. The minimum Gasteiger partial charge on any atom is -0.340 e. The molecule has 0 aliphatic rings. The summed E-state index contributed by atoms with van der Waals surface area (Å²) in [6.07, 6.45) is 3.42. The lowest BCUT2D eigenvalue weighted by molar-refractivity contribution is 0.655. The molecule has 0 spiro atoms. The number of hydrogen-bond donors (Lipinski definition) is 1. The Morgan fingerprint density at radius 2 is 1.96 bits per heavy atom. The molecule has 1 aromatic carbocycles. The largest absolute Gasteiger partial charge is 0.352 e. The molecule has 0 saturated carbocycles. The second-order valence-electron chi connectivity index (χ2n) is 6.16. The molecular weight excluding hydrogens is 328 g/mol. The van der Waals surface area contributed by atoms with Gasteiger partial charge < -0.3 is 5.32 Å². The van der Waals surface area contributed by atoms with Gasteiger partial charge in [0.1, 0.15) is 5.82 Å². The highest BCUT2D eigenvalue weighted by atomic mass is 16.2. The molecule has 130 valence electrons. The van der Waals surface area contributed by atoms with Crippen LogP contribution in [0.2, 0.25) is 0 Å². The van der Waals surface area contributed by atoms with Crippen LogP contribution in [0, 0.1) is 13.8 Å². The standard InChI is InChI=1S/C19H18N6O/c1-13-6-3-4-8-16(13)21-17-10-14(2)25-18(22-17)23-24(19(25)26)12-15-7-5-9-20-11-15/h3-11H,12H2,1-2H3,(H,21,22,23). The summed E-state index contributed by atoms with van der Waals surface area (Å²) in [6.45, 7) is 4.26. The molecule has 3 heterocycles. The maximum absolute atomic E-state index is 12.7. The van der Waals surface area contributed by atoms with Crippen molar-refractivity contribution in [2.75, 3.05) is 5.32 Å². The van der Waals surface area contributed by atoms with Crippen molar-refractivity contribution < 1.29 is 0 Å². The fraction of sp³-hybridized carbons (Fsp3) is 0.158. The molecule has 7 nitrogen and oxygen atoms in total. The minimum absolute atomic E-state index is 0.212. The lowest BCUT2D eigenvalue weighted by Crippen LogP contribution is -2.22. The summed E-state index contributed by atoms with van der Waals surface area (Å²) in [4.78, 5) is 21.2. The topological polar surface area (TPSA) is 77.1 Å². The molecule has 1 N–H and O–H groups in total. The van der Waals surface area contributed by atoms with Crippen molar-refractivity contribution in [1.29, 1.82) is 0 Å². The van der Waals surface area contributed by atoms with Crippen molar-refractivity contribution in [2.24, 2.45) is 0 Å². The number of para-hydroxylation sites is 1. The van der Waals surface area contributed by atoms with Gasteiger partial charge in [0, 0.05) is 29.8 Å². The Morgan fingerprint density at radius 3 is 2.73 bits per heavy atom. The van der Waals surface area contributed by atoms with Crippen LogP contribution in [0.3, 0.4) is 0 Å². The summed E-state index contributed by atoms with van der Waals surface area (Å²) in [5.41, 5.74) is 3.56. The number of anilines is 2. The number of nitrogens with one attached hydrogen (secondary N) is 1. The van der Waals surface area contributed by atoms with Gasteiger partial charge in [-0.05, 0) is 37.1 Å². The molecule has 3 aromatic heterocycles. The highest BCUT2D eigenvalue weighted by molar-refractivity contribution is 5.61. The van der Waals surface area contributed by atoms with Crippen LogP contribution < -0.4 is 11.0 Å². The van der Waals surface area contributed by atoms with E-state index < -0.39 is 0 Å². The molecule has 4 aromatic rings. The summed E-state index contributed by atoms with van der Waals surface area (Å²) in [6, 6.07) is 13.6. The summed E-state index contributed by atoms with van der Waals surface area (Å²) in [7, 11) is 0. The first kappa shape index (κ1) is 16.0. The first-order chi connectivity index (χ1) is 12.6. The molecule has 0 radical (unpaired) electrons. The number of hydrogen-bond acceptors (Lipinski definition) is 5. The Labute approximate surface area is 150 Å². The number of nitrogens with zero attached hydrogens (tertiary/aromatic N) is 5. The third-order valence-electron chi connectivity index (χ3n) is 4.20. The van der Waals surface area contributed by atoms with E-state index in [1.807, 2.05) is 56.3 Å². The monoisotopic (exact) mass is 346 g/mol. The van der Waals surface area contributed by atoms with Crippen LogP contribution in [0.5, 0.6) is 0 Å². The molecule has 0 bridgehead atoms. The van der Waals surface area contributed by atoms with Gasteiger partial charge >= 0.3 is 5.69 Å². The third-order valence-corrected chi connectivity index (χ3v) is 4.20. The molecule has 0 aliphatic carbocycles. The first-order valence-corrected chi connectivity index (χ1v) is 8.30. The normalized spacial score (nSPS) is 11.0. The highest BCUT2D eigenvalue weighted by Gasteiger charge is 2.12. The number of benzene rings is 1. The van der Waals surface area contributed by atoms with Crippen LogP contribution in [0.25, 0.3) is 5.78 Å². The Kier molecular flexibility index (Phi) is 3.96. The Balaban J connectivity index is 1.73. The van der Waals surface area contributed by atoms with E-state index in [0.29, 0.717) is 18.1 Å². The summed E-state index contributed by atoms with van der Waals surface area (Å²) >= 11 is 0. The summed E-state index contributed by atoms with van der Waals surface area (Å²) in [5.74, 6) is 1.03. The average Bonchev–Trinajstić information content (AvgIpc) is 2.94. The van der Waals surface area contributed by atoms with Crippen molar-refractivity contribution in [1.82, 2.24) is 24.1 Å². The molecule has 7 heteroatoms. The minimum atomic E-state index is -0.212.